The fourth-order valence-corrected chi connectivity index (χ4v) is 7.16. The van der Waals surface area contributed by atoms with E-state index in [1.54, 1.807) is 15.6 Å². The Morgan fingerprint density at radius 2 is 1.85 bits per heavy atom. The average Bonchev–Trinajstić information content (AvgIpc) is 3.49. The van der Waals surface area contributed by atoms with E-state index in [-0.39, 0.29) is 24.6 Å². The molecule has 1 amide bonds. The summed E-state index contributed by atoms with van der Waals surface area (Å²) in [6, 6.07) is 12.5. The molecule has 1 saturated carbocycles. The number of aromatic nitrogens is 3. The number of benzene rings is 2. The summed E-state index contributed by atoms with van der Waals surface area (Å²) in [4.78, 5) is 33.2. The van der Waals surface area contributed by atoms with Gasteiger partial charge in [-0.3, -0.25) is 4.79 Å². The van der Waals surface area contributed by atoms with Crippen LogP contribution in [0.15, 0.2) is 58.9 Å². The van der Waals surface area contributed by atoms with E-state index in [0.29, 0.717) is 77.6 Å². The fraction of sp³-hybridized carbons (Fsp3) is 0.471. The minimum absolute atomic E-state index is 0.112. The minimum Gasteiger partial charge on any atom is -0.490 e. The van der Waals surface area contributed by atoms with Gasteiger partial charge in [0.25, 0.3) is 5.91 Å². The molecule has 11 nitrogen and oxygen atoms in total. The number of esters is 1. The van der Waals surface area contributed by atoms with E-state index >= 15 is 0 Å². The van der Waals surface area contributed by atoms with Gasteiger partial charge < -0.3 is 29.2 Å². The molecule has 3 aromatic rings. The van der Waals surface area contributed by atoms with Crippen LogP contribution in [0.1, 0.15) is 63.1 Å². The molecule has 1 aromatic heterocycles. The van der Waals surface area contributed by atoms with Crippen molar-refractivity contribution in [1.82, 2.24) is 19.7 Å². The average molecular weight is 682 g/mol. The summed E-state index contributed by atoms with van der Waals surface area (Å²) in [6.07, 6.45) is 4.85. The van der Waals surface area contributed by atoms with E-state index in [4.69, 9.17) is 40.6 Å². The number of ether oxygens (including phenoxy) is 4. The summed E-state index contributed by atoms with van der Waals surface area (Å²) in [5, 5.41) is 9.38. The van der Waals surface area contributed by atoms with Crippen LogP contribution in [0.5, 0.6) is 11.5 Å². The molecular formula is C34H40ClN5O6S. The Morgan fingerprint density at radius 3 is 2.62 bits per heavy atom. The van der Waals surface area contributed by atoms with Crippen molar-refractivity contribution < 1.29 is 28.5 Å². The lowest BCUT2D eigenvalue weighted by molar-refractivity contribution is -0.146. The van der Waals surface area contributed by atoms with Gasteiger partial charge in [0.05, 0.1) is 25.4 Å². The molecule has 1 unspecified atom stereocenters. The number of carbonyl (C=O) groups excluding carboxylic acids is 2. The van der Waals surface area contributed by atoms with Gasteiger partial charge in [0, 0.05) is 29.6 Å². The number of carbonyl (C=O) groups is 2. The molecule has 3 heterocycles. The molecule has 2 aliphatic heterocycles. The Labute approximate surface area is 283 Å². The largest absolute Gasteiger partial charge is 0.490 e. The summed E-state index contributed by atoms with van der Waals surface area (Å²) in [5.74, 6) is 1.50. The van der Waals surface area contributed by atoms with Crippen molar-refractivity contribution in [3.63, 3.8) is 0 Å². The van der Waals surface area contributed by atoms with Crippen molar-refractivity contribution >= 4 is 41.2 Å². The van der Waals surface area contributed by atoms with Crippen LogP contribution in [0.2, 0.25) is 5.02 Å². The number of fused-ring (bicyclic) bond motifs is 1. The first kappa shape index (κ1) is 33.2. The third-order valence-electron chi connectivity index (χ3n) is 8.49. The topological polar surface area (TPSA) is 117 Å². The molecule has 13 heteroatoms. The number of hydrogen-bond acceptors (Lipinski definition) is 10. The molecule has 0 spiro atoms. The van der Waals surface area contributed by atoms with Crippen molar-refractivity contribution in [2.75, 3.05) is 44.8 Å². The number of hydrogen-bond donors (Lipinski definition) is 1. The smallest absolute Gasteiger partial charge is 0.338 e. The summed E-state index contributed by atoms with van der Waals surface area (Å²) < 4.78 is 25.2. The number of anilines is 1. The highest BCUT2D eigenvalue weighted by Crippen LogP contribution is 2.41. The van der Waals surface area contributed by atoms with Crippen LogP contribution < -0.4 is 14.8 Å². The van der Waals surface area contributed by atoms with Crippen molar-refractivity contribution in [2.45, 2.75) is 69.0 Å². The van der Waals surface area contributed by atoms with Gasteiger partial charge in [-0.2, -0.15) is 4.98 Å². The van der Waals surface area contributed by atoms with E-state index in [0.717, 1.165) is 43.2 Å². The fourth-order valence-electron chi connectivity index (χ4n) is 6.05. The van der Waals surface area contributed by atoms with Gasteiger partial charge in [0.1, 0.15) is 12.1 Å². The third-order valence-corrected chi connectivity index (χ3v) is 9.75. The Bertz CT molecular complexity index is 1620. The number of allylic oxidation sites excluding steroid dienone is 1. The lowest BCUT2D eigenvalue weighted by Crippen LogP contribution is -2.43. The number of thioether (sulfide) groups is 1. The van der Waals surface area contributed by atoms with Gasteiger partial charge >= 0.3 is 5.97 Å². The summed E-state index contributed by atoms with van der Waals surface area (Å²) in [5.41, 5.74) is 2.82. The molecule has 1 N–H and O–H groups in total. The normalized spacial score (nSPS) is 18.4. The Morgan fingerprint density at radius 1 is 1.06 bits per heavy atom. The van der Waals surface area contributed by atoms with E-state index in [1.165, 1.54) is 11.8 Å². The van der Waals surface area contributed by atoms with E-state index in [9.17, 15) is 9.59 Å². The van der Waals surface area contributed by atoms with Crippen LogP contribution in [0.25, 0.3) is 0 Å². The number of halogens is 1. The molecule has 1 atom stereocenters. The SMILES string of the molecule is CCOc1cc(C2C(C(=O)OC3CCCCC3)=C(C)Nc3nc(SCc4ccccc4Cl)nn32)ccc1OCC(=O)N1CCOCC1. The van der Waals surface area contributed by atoms with Gasteiger partial charge in [-0.05, 0) is 68.9 Å². The molecule has 0 bridgehead atoms. The highest BCUT2D eigenvalue weighted by atomic mass is 35.5. The van der Waals surface area contributed by atoms with Crippen LogP contribution in [0, 0.1) is 0 Å². The quantitative estimate of drug-likeness (QED) is 0.190. The number of amides is 1. The van der Waals surface area contributed by atoms with Crippen LogP contribution in [0.3, 0.4) is 0 Å². The lowest BCUT2D eigenvalue weighted by Gasteiger charge is -2.30. The zero-order valence-electron chi connectivity index (χ0n) is 26.7. The molecule has 3 aliphatic rings. The van der Waals surface area contributed by atoms with Crippen LogP contribution in [0.4, 0.5) is 5.95 Å². The molecule has 47 heavy (non-hydrogen) atoms. The number of rotatable bonds is 11. The second-order valence-electron chi connectivity index (χ2n) is 11.7. The Hall–Kier alpha value is -3.74. The molecule has 1 aliphatic carbocycles. The lowest BCUT2D eigenvalue weighted by atomic mass is 9.94. The Balaban J connectivity index is 1.30. The van der Waals surface area contributed by atoms with Crippen molar-refractivity contribution in [3.8, 4) is 11.5 Å². The monoisotopic (exact) mass is 681 g/mol. The minimum atomic E-state index is -0.646. The maximum atomic E-state index is 13.9. The van der Waals surface area contributed by atoms with Gasteiger partial charge in [0.15, 0.2) is 18.1 Å². The third kappa shape index (κ3) is 7.88. The zero-order valence-corrected chi connectivity index (χ0v) is 28.3. The van der Waals surface area contributed by atoms with Gasteiger partial charge in [0.2, 0.25) is 11.1 Å². The van der Waals surface area contributed by atoms with Gasteiger partial charge in [-0.25, -0.2) is 9.48 Å². The van der Waals surface area contributed by atoms with Crippen molar-refractivity contribution in [2.24, 2.45) is 0 Å². The van der Waals surface area contributed by atoms with Crippen LogP contribution in [-0.4, -0.2) is 77.2 Å². The van der Waals surface area contributed by atoms with Crippen molar-refractivity contribution in [3.05, 3.63) is 69.9 Å². The van der Waals surface area contributed by atoms with Crippen LogP contribution >= 0.6 is 23.4 Å². The molecule has 2 aromatic carbocycles. The molecule has 0 radical (unpaired) electrons. The summed E-state index contributed by atoms with van der Waals surface area (Å²) in [7, 11) is 0. The Kier molecular flexibility index (Phi) is 10.9. The second-order valence-corrected chi connectivity index (χ2v) is 13.0. The van der Waals surface area contributed by atoms with E-state index < -0.39 is 6.04 Å². The molecule has 6 rings (SSSR count). The molecule has 250 valence electrons. The van der Waals surface area contributed by atoms with Gasteiger partial charge in [-0.1, -0.05) is 54.0 Å². The number of nitrogens with zero attached hydrogens (tertiary/aromatic N) is 4. The van der Waals surface area contributed by atoms with E-state index in [1.807, 2.05) is 50.2 Å². The number of morpholine rings is 1. The standard InChI is InChI=1S/C34H40ClN5O6S/c1-3-44-28-19-23(13-14-27(28)45-20-29(41)39-15-17-43-18-16-39)31-30(32(42)46-25-10-5-4-6-11-25)22(2)36-33-37-34(38-40(31)33)47-21-24-9-7-8-12-26(24)35/h7-9,12-14,19,25,31H,3-6,10-11,15-18,20-21H2,1-2H3,(H,36,37,38). The maximum Gasteiger partial charge on any atom is 0.338 e. The highest BCUT2D eigenvalue weighted by Gasteiger charge is 2.37. The van der Waals surface area contributed by atoms with Crippen LogP contribution in [-0.2, 0) is 24.8 Å². The summed E-state index contributed by atoms with van der Waals surface area (Å²) in [6.45, 7) is 6.12. The predicted octanol–water partition coefficient (Wildman–Crippen LogP) is 6.02. The zero-order chi connectivity index (χ0) is 32.8. The first-order valence-electron chi connectivity index (χ1n) is 16.2. The van der Waals surface area contributed by atoms with E-state index in [2.05, 4.69) is 5.32 Å². The maximum absolute atomic E-state index is 13.9. The first-order valence-corrected chi connectivity index (χ1v) is 17.5. The number of nitrogens with one attached hydrogen (secondary N) is 1. The highest BCUT2D eigenvalue weighted by molar-refractivity contribution is 7.98. The first-order chi connectivity index (χ1) is 22.9. The van der Waals surface area contributed by atoms with Crippen molar-refractivity contribution in [1.29, 1.82) is 0 Å². The molecular weight excluding hydrogens is 642 g/mol. The second kappa shape index (κ2) is 15.4. The molecule has 1 saturated heterocycles. The summed E-state index contributed by atoms with van der Waals surface area (Å²) >= 11 is 7.86. The van der Waals surface area contributed by atoms with Gasteiger partial charge in [-0.15, -0.1) is 5.10 Å². The predicted molar refractivity (Wildman–Crippen MR) is 179 cm³/mol. The molecule has 2 fully saturated rings.